The Bertz CT molecular complexity index is 263. The van der Waals surface area contributed by atoms with Crippen molar-refractivity contribution < 1.29 is 8.78 Å². The molecule has 1 atom stereocenters. The molecule has 1 aromatic heterocycles. The number of hydrogen-bond acceptors (Lipinski definition) is 3. The molecule has 6 heteroatoms. The Kier molecular flexibility index (Phi) is 2.10. The second-order valence-corrected chi connectivity index (χ2v) is 2.69. The van der Waals surface area contributed by atoms with Crippen LogP contribution in [0.3, 0.4) is 0 Å². The van der Waals surface area contributed by atoms with E-state index >= 15 is 0 Å². The molecule has 0 aromatic carbocycles. The van der Waals surface area contributed by atoms with Gasteiger partial charge >= 0.3 is 0 Å². The summed E-state index contributed by atoms with van der Waals surface area (Å²) < 4.78 is 26.5. The summed E-state index contributed by atoms with van der Waals surface area (Å²) in [4.78, 5) is 0. The van der Waals surface area contributed by atoms with E-state index in [-0.39, 0.29) is 5.69 Å². The van der Waals surface area contributed by atoms with Crippen molar-refractivity contribution in [2.24, 2.45) is 5.73 Å². The number of halogens is 2. The first kappa shape index (κ1) is 9.05. The summed E-state index contributed by atoms with van der Waals surface area (Å²) in [6, 6.07) is 0. The monoisotopic (exact) mass is 176 g/mol. The molecular formula is C6H10F2N4. The summed E-state index contributed by atoms with van der Waals surface area (Å²) >= 11 is 0. The van der Waals surface area contributed by atoms with Crippen molar-refractivity contribution in [3.8, 4) is 0 Å². The first-order chi connectivity index (χ1) is 5.43. The van der Waals surface area contributed by atoms with Gasteiger partial charge in [0, 0.05) is 6.92 Å². The number of aromatic nitrogens is 3. The minimum absolute atomic E-state index is 0.266. The third-order valence-electron chi connectivity index (χ3n) is 1.41. The van der Waals surface area contributed by atoms with Gasteiger partial charge in [-0.05, 0) is 6.92 Å². The van der Waals surface area contributed by atoms with Crippen molar-refractivity contribution in [3.05, 3.63) is 11.9 Å². The van der Waals surface area contributed by atoms with E-state index in [1.54, 1.807) is 6.92 Å². The molecule has 1 unspecified atom stereocenters. The predicted molar refractivity (Wildman–Crippen MR) is 38.5 cm³/mol. The van der Waals surface area contributed by atoms with Crippen LogP contribution in [0.5, 0.6) is 0 Å². The van der Waals surface area contributed by atoms with Gasteiger partial charge in [0.25, 0.3) is 5.92 Å². The molecular weight excluding hydrogens is 166 g/mol. The summed E-state index contributed by atoms with van der Waals surface area (Å²) in [5.74, 6) is -2.95. The molecule has 0 saturated carbocycles. The average Bonchev–Trinajstić information content (AvgIpc) is 2.30. The quantitative estimate of drug-likeness (QED) is 0.727. The lowest BCUT2D eigenvalue weighted by molar-refractivity contribution is 0.00646. The van der Waals surface area contributed by atoms with Gasteiger partial charge in [-0.25, -0.2) is 4.68 Å². The van der Waals surface area contributed by atoms with Gasteiger partial charge in [0.05, 0.1) is 12.4 Å². The standard InChI is InChI=1S/C6H10F2N4/c1-4(9)12-5(3-10-11-12)6(2,7)8/h3-4H,9H2,1-2H3. The maximum absolute atomic E-state index is 12.8. The van der Waals surface area contributed by atoms with E-state index in [1.807, 2.05) is 0 Å². The van der Waals surface area contributed by atoms with Crippen LogP contribution in [0.1, 0.15) is 25.7 Å². The van der Waals surface area contributed by atoms with E-state index in [0.717, 1.165) is 17.8 Å². The molecule has 1 heterocycles. The van der Waals surface area contributed by atoms with Gasteiger partial charge < -0.3 is 5.73 Å². The zero-order chi connectivity index (χ0) is 9.35. The Hall–Kier alpha value is -1.04. The zero-order valence-corrected chi connectivity index (χ0v) is 6.83. The molecule has 68 valence electrons. The van der Waals surface area contributed by atoms with Crippen molar-refractivity contribution in [1.82, 2.24) is 15.0 Å². The fourth-order valence-corrected chi connectivity index (χ4v) is 0.859. The number of nitrogens with zero attached hydrogens (tertiary/aromatic N) is 3. The van der Waals surface area contributed by atoms with E-state index < -0.39 is 12.1 Å². The first-order valence-electron chi connectivity index (χ1n) is 3.47. The Balaban J connectivity index is 3.08. The summed E-state index contributed by atoms with van der Waals surface area (Å²) in [7, 11) is 0. The second kappa shape index (κ2) is 2.78. The topological polar surface area (TPSA) is 56.7 Å². The van der Waals surface area contributed by atoms with Crippen LogP contribution in [0.15, 0.2) is 6.20 Å². The van der Waals surface area contributed by atoms with E-state index in [4.69, 9.17) is 5.73 Å². The number of hydrogen-bond donors (Lipinski definition) is 1. The number of alkyl halides is 2. The Morgan fingerprint density at radius 1 is 1.67 bits per heavy atom. The molecule has 0 aliphatic heterocycles. The van der Waals surface area contributed by atoms with Gasteiger partial charge in [0.15, 0.2) is 0 Å². The fourth-order valence-electron chi connectivity index (χ4n) is 0.859. The molecule has 0 fully saturated rings. The van der Waals surface area contributed by atoms with Crippen LogP contribution >= 0.6 is 0 Å². The minimum atomic E-state index is -2.95. The van der Waals surface area contributed by atoms with E-state index in [0.29, 0.717) is 0 Å². The van der Waals surface area contributed by atoms with E-state index in [1.165, 1.54) is 0 Å². The van der Waals surface area contributed by atoms with Gasteiger partial charge in [-0.1, -0.05) is 5.21 Å². The highest BCUT2D eigenvalue weighted by Crippen LogP contribution is 2.26. The molecule has 0 amide bonds. The summed E-state index contributed by atoms with van der Waals surface area (Å²) in [5, 5.41) is 6.81. The Labute approximate surface area is 68.4 Å². The van der Waals surface area contributed by atoms with Crippen LogP contribution in [0.25, 0.3) is 0 Å². The van der Waals surface area contributed by atoms with Crippen molar-refractivity contribution >= 4 is 0 Å². The van der Waals surface area contributed by atoms with Gasteiger partial charge in [-0.3, -0.25) is 0 Å². The molecule has 0 aliphatic rings. The van der Waals surface area contributed by atoms with Gasteiger partial charge in [0.2, 0.25) is 0 Å². The van der Waals surface area contributed by atoms with Gasteiger partial charge in [-0.2, -0.15) is 8.78 Å². The maximum atomic E-state index is 12.8. The van der Waals surface area contributed by atoms with Crippen molar-refractivity contribution in [2.45, 2.75) is 25.9 Å². The third kappa shape index (κ3) is 1.58. The molecule has 0 bridgehead atoms. The Morgan fingerprint density at radius 3 is 2.58 bits per heavy atom. The molecule has 0 radical (unpaired) electrons. The minimum Gasteiger partial charge on any atom is -0.310 e. The highest BCUT2D eigenvalue weighted by molar-refractivity contribution is 5.02. The SMILES string of the molecule is CC(N)n1nncc1C(C)(F)F. The third-order valence-corrected chi connectivity index (χ3v) is 1.41. The lowest BCUT2D eigenvalue weighted by Crippen LogP contribution is -2.23. The normalized spacial score (nSPS) is 14.8. The molecule has 2 N–H and O–H groups in total. The fraction of sp³-hybridized carbons (Fsp3) is 0.667. The van der Waals surface area contributed by atoms with Crippen LogP contribution < -0.4 is 5.73 Å². The second-order valence-electron chi connectivity index (χ2n) is 2.69. The van der Waals surface area contributed by atoms with Crippen molar-refractivity contribution in [3.63, 3.8) is 0 Å². The van der Waals surface area contributed by atoms with Crippen LogP contribution in [0, 0.1) is 0 Å². The number of nitrogens with two attached hydrogens (primary N) is 1. The van der Waals surface area contributed by atoms with E-state index in [9.17, 15) is 8.78 Å². The van der Waals surface area contributed by atoms with Crippen LogP contribution in [-0.2, 0) is 5.92 Å². The molecule has 1 aromatic rings. The van der Waals surface area contributed by atoms with Crippen LogP contribution in [0.4, 0.5) is 8.78 Å². The van der Waals surface area contributed by atoms with Crippen LogP contribution in [-0.4, -0.2) is 15.0 Å². The van der Waals surface area contributed by atoms with Gasteiger partial charge in [0.1, 0.15) is 5.69 Å². The maximum Gasteiger partial charge on any atom is 0.288 e. The molecule has 12 heavy (non-hydrogen) atoms. The van der Waals surface area contributed by atoms with Crippen molar-refractivity contribution in [2.75, 3.05) is 0 Å². The lowest BCUT2D eigenvalue weighted by Gasteiger charge is -2.13. The summed E-state index contributed by atoms with van der Waals surface area (Å²) in [6.45, 7) is 2.34. The molecule has 1 rings (SSSR count). The Morgan fingerprint density at radius 2 is 2.25 bits per heavy atom. The van der Waals surface area contributed by atoms with Crippen molar-refractivity contribution in [1.29, 1.82) is 0 Å². The average molecular weight is 176 g/mol. The van der Waals surface area contributed by atoms with E-state index in [2.05, 4.69) is 10.3 Å². The van der Waals surface area contributed by atoms with Crippen LogP contribution in [0.2, 0.25) is 0 Å². The highest BCUT2D eigenvalue weighted by Gasteiger charge is 2.30. The zero-order valence-electron chi connectivity index (χ0n) is 6.83. The van der Waals surface area contributed by atoms with Gasteiger partial charge in [-0.15, -0.1) is 5.10 Å². The molecule has 0 aliphatic carbocycles. The predicted octanol–water partition coefficient (Wildman–Crippen LogP) is 0.867. The summed E-state index contributed by atoms with van der Waals surface area (Å²) in [6.07, 6.45) is 0.428. The summed E-state index contributed by atoms with van der Waals surface area (Å²) in [5.41, 5.74) is 5.12. The first-order valence-corrected chi connectivity index (χ1v) is 3.47. The molecule has 0 saturated heterocycles. The molecule has 0 spiro atoms. The highest BCUT2D eigenvalue weighted by atomic mass is 19.3. The smallest absolute Gasteiger partial charge is 0.288 e. The lowest BCUT2D eigenvalue weighted by atomic mass is 10.3. The largest absolute Gasteiger partial charge is 0.310 e. The molecule has 4 nitrogen and oxygen atoms in total. The number of rotatable bonds is 2.